The van der Waals surface area contributed by atoms with Gasteiger partial charge >= 0.3 is 6.03 Å². The van der Waals surface area contributed by atoms with Gasteiger partial charge in [0, 0.05) is 43.1 Å². The number of benzene rings is 1. The molecule has 27 heavy (non-hydrogen) atoms. The standard InChI is InChI=1S/C21H28N4O2/c1-2-16-17-7-3-4-8-18(17)23-19(16)20(26)22-15-9-13-25(14-10-15)21(27)24-11-5-6-12-24/h3-4,7-8,15,23H,2,5-6,9-14H2,1H3,(H,22,26). The van der Waals surface area contributed by atoms with Crippen molar-refractivity contribution in [3.05, 3.63) is 35.5 Å². The van der Waals surface area contributed by atoms with Crippen LogP contribution < -0.4 is 5.32 Å². The second-order valence-corrected chi connectivity index (χ2v) is 7.59. The lowest BCUT2D eigenvalue weighted by Crippen LogP contribution is -2.50. The van der Waals surface area contributed by atoms with Crippen LogP contribution in [0.2, 0.25) is 0 Å². The van der Waals surface area contributed by atoms with Crippen LogP contribution in [0.25, 0.3) is 10.9 Å². The summed E-state index contributed by atoms with van der Waals surface area (Å²) < 4.78 is 0. The Morgan fingerprint density at radius 3 is 2.44 bits per heavy atom. The second kappa shape index (κ2) is 7.62. The number of urea groups is 1. The van der Waals surface area contributed by atoms with E-state index < -0.39 is 0 Å². The molecule has 144 valence electrons. The Kier molecular flexibility index (Phi) is 5.05. The van der Waals surface area contributed by atoms with E-state index in [1.807, 2.05) is 28.0 Å². The Bertz CT molecular complexity index is 830. The van der Waals surface area contributed by atoms with Crippen molar-refractivity contribution in [1.82, 2.24) is 20.1 Å². The molecule has 3 heterocycles. The molecular weight excluding hydrogens is 340 g/mol. The first-order valence-corrected chi connectivity index (χ1v) is 10.1. The minimum absolute atomic E-state index is 0.0348. The van der Waals surface area contributed by atoms with E-state index in [-0.39, 0.29) is 18.0 Å². The normalized spacial score (nSPS) is 18.3. The quantitative estimate of drug-likeness (QED) is 0.874. The molecule has 2 aliphatic heterocycles. The minimum atomic E-state index is -0.0348. The van der Waals surface area contributed by atoms with E-state index in [4.69, 9.17) is 0 Å². The Balaban J connectivity index is 1.38. The molecule has 2 aromatic rings. The Labute approximate surface area is 159 Å². The van der Waals surface area contributed by atoms with Crippen molar-refractivity contribution in [1.29, 1.82) is 0 Å². The predicted octanol–water partition coefficient (Wildman–Crippen LogP) is 3.14. The smallest absolute Gasteiger partial charge is 0.319 e. The van der Waals surface area contributed by atoms with Gasteiger partial charge in [-0.25, -0.2) is 4.79 Å². The highest BCUT2D eigenvalue weighted by Crippen LogP contribution is 2.23. The first kappa shape index (κ1) is 17.9. The summed E-state index contributed by atoms with van der Waals surface area (Å²) in [5.74, 6) is -0.0348. The van der Waals surface area contributed by atoms with Crippen molar-refractivity contribution in [3.8, 4) is 0 Å². The van der Waals surface area contributed by atoms with Crippen LogP contribution in [0, 0.1) is 0 Å². The van der Waals surface area contributed by atoms with Crippen LogP contribution >= 0.6 is 0 Å². The van der Waals surface area contributed by atoms with Gasteiger partial charge in [-0.15, -0.1) is 0 Å². The van der Waals surface area contributed by atoms with E-state index in [1.54, 1.807) is 0 Å². The van der Waals surface area contributed by atoms with Gasteiger partial charge in [-0.1, -0.05) is 25.1 Å². The number of nitrogens with zero attached hydrogens (tertiary/aromatic N) is 2. The zero-order chi connectivity index (χ0) is 18.8. The fourth-order valence-corrected chi connectivity index (χ4v) is 4.34. The van der Waals surface area contributed by atoms with E-state index >= 15 is 0 Å². The number of carbonyl (C=O) groups excluding carboxylic acids is 2. The number of para-hydroxylation sites is 1. The number of aromatic nitrogens is 1. The summed E-state index contributed by atoms with van der Waals surface area (Å²) in [6.45, 7) is 5.28. The number of fused-ring (bicyclic) bond motifs is 1. The second-order valence-electron chi connectivity index (χ2n) is 7.59. The Morgan fingerprint density at radius 2 is 1.74 bits per heavy atom. The lowest BCUT2D eigenvalue weighted by Gasteiger charge is -2.34. The maximum absolute atomic E-state index is 12.9. The van der Waals surface area contributed by atoms with E-state index in [2.05, 4.69) is 23.3 Å². The van der Waals surface area contributed by atoms with Crippen molar-refractivity contribution >= 4 is 22.8 Å². The Hall–Kier alpha value is -2.50. The number of hydrogen-bond acceptors (Lipinski definition) is 2. The highest BCUT2D eigenvalue weighted by Gasteiger charge is 2.29. The van der Waals surface area contributed by atoms with Gasteiger partial charge in [-0.3, -0.25) is 4.79 Å². The van der Waals surface area contributed by atoms with Gasteiger partial charge in [-0.2, -0.15) is 0 Å². The number of carbonyl (C=O) groups is 2. The summed E-state index contributed by atoms with van der Waals surface area (Å²) in [5.41, 5.74) is 2.75. The molecule has 0 atom stereocenters. The highest BCUT2D eigenvalue weighted by molar-refractivity contribution is 6.01. The largest absolute Gasteiger partial charge is 0.350 e. The fourth-order valence-electron chi connectivity index (χ4n) is 4.34. The SMILES string of the molecule is CCc1c(C(=O)NC2CCN(C(=O)N3CCCC3)CC2)[nH]c2ccccc12. The van der Waals surface area contributed by atoms with Crippen LogP contribution in [0.15, 0.2) is 24.3 Å². The van der Waals surface area contributed by atoms with Gasteiger partial charge in [0.15, 0.2) is 0 Å². The number of aromatic amines is 1. The van der Waals surface area contributed by atoms with Gasteiger partial charge in [0.1, 0.15) is 5.69 Å². The molecule has 0 saturated carbocycles. The van der Waals surface area contributed by atoms with Crippen molar-refractivity contribution in [2.24, 2.45) is 0 Å². The van der Waals surface area contributed by atoms with Gasteiger partial charge in [0.05, 0.1) is 0 Å². The molecule has 0 bridgehead atoms. The summed E-state index contributed by atoms with van der Waals surface area (Å²) in [4.78, 5) is 32.5. The summed E-state index contributed by atoms with van der Waals surface area (Å²) in [7, 11) is 0. The number of aryl methyl sites for hydroxylation is 1. The zero-order valence-electron chi connectivity index (χ0n) is 16.0. The highest BCUT2D eigenvalue weighted by atomic mass is 16.2. The average Bonchev–Trinajstić information content (AvgIpc) is 3.35. The molecule has 2 N–H and O–H groups in total. The molecule has 1 aromatic carbocycles. The molecule has 1 aromatic heterocycles. The number of rotatable bonds is 3. The van der Waals surface area contributed by atoms with Crippen molar-refractivity contribution in [2.45, 2.75) is 45.1 Å². The predicted molar refractivity (Wildman–Crippen MR) is 106 cm³/mol. The number of hydrogen-bond donors (Lipinski definition) is 2. The molecule has 3 amide bonds. The van der Waals surface area contributed by atoms with Gasteiger partial charge in [0.2, 0.25) is 0 Å². The molecule has 0 spiro atoms. The van der Waals surface area contributed by atoms with E-state index in [9.17, 15) is 9.59 Å². The van der Waals surface area contributed by atoms with Crippen LogP contribution in [0.4, 0.5) is 4.79 Å². The van der Waals surface area contributed by atoms with Crippen LogP contribution in [-0.4, -0.2) is 58.9 Å². The van der Waals surface area contributed by atoms with Crippen molar-refractivity contribution in [3.63, 3.8) is 0 Å². The molecule has 6 heteroatoms. The molecular formula is C21H28N4O2. The van der Waals surface area contributed by atoms with E-state index in [0.29, 0.717) is 18.8 Å². The zero-order valence-corrected chi connectivity index (χ0v) is 16.0. The maximum atomic E-state index is 12.9. The molecule has 4 rings (SSSR count). The topological polar surface area (TPSA) is 68.4 Å². The molecule has 0 aliphatic carbocycles. The molecule has 0 unspecified atom stereocenters. The van der Waals surface area contributed by atoms with Gasteiger partial charge in [-0.05, 0) is 43.7 Å². The summed E-state index contributed by atoms with van der Waals surface area (Å²) in [6, 6.07) is 8.34. The first-order chi connectivity index (χ1) is 13.2. The summed E-state index contributed by atoms with van der Waals surface area (Å²) in [5, 5.41) is 4.30. The lowest BCUT2D eigenvalue weighted by atomic mass is 10.0. The van der Waals surface area contributed by atoms with Crippen molar-refractivity contribution in [2.75, 3.05) is 26.2 Å². The van der Waals surface area contributed by atoms with Crippen LogP contribution in [0.5, 0.6) is 0 Å². The molecule has 0 radical (unpaired) electrons. The molecule has 2 aliphatic rings. The van der Waals surface area contributed by atoms with Crippen LogP contribution in [0.1, 0.15) is 48.7 Å². The first-order valence-electron chi connectivity index (χ1n) is 10.1. The number of amides is 3. The number of piperidine rings is 1. The summed E-state index contributed by atoms with van der Waals surface area (Å²) >= 11 is 0. The summed E-state index contributed by atoms with van der Waals surface area (Å²) in [6.07, 6.45) is 4.67. The number of nitrogens with one attached hydrogen (secondary N) is 2. The third-order valence-corrected chi connectivity index (χ3v) is 5.87. The van der Waals surface area contributed by atoms with Gasteiger partial charge in [0.25, 0.3) is 5.91 Å². The third-order valence-electron chi connectivity index (χ3n) is 5.87. The fraction of sp³-hybridized carbons (Fsp3) is 0.524. The molecule has 2 fully saturated rings. The van der Waals surface area contributed by atoms with Crippen LogP contribution in [-0.2, 0) is 6.42 Å². The van der Waals surface area contributed by atoms with Gasteiger partial charge < -0.3 is 20.1 Å². The maximum Gasteiger partial charge on any atom is 0.319 e. The third kappa shape index (κ3) is 3.53. The molecule has 6 nitrogen and oxygen atoms in total. The number of likely N-dealkylation sites (tertiary alicyclic amines) is 2. The number of H-pyrrole nitrogens is 1. The Morgan fingerprint density at radius 1 is 1.07 bits per heavy atom. The van der Waals surface area contributed by atoms with E-state index in [1.165, 1.54) is 0 Å². The minimum Gasteiger partial charge on any atom is -0.350 e. The average molecular weight is 368 g/mol. The van der Waals surface area contributed by atoms with E-state index in [0.717, 1.165) is 61.7 Å². The lowest BCUT2D eigenvalue weighted by molar-refractivity contribution is 0.0907. The monoisotopic (exact) mass is 368 g/mol. The molecule has 2 saturated heterocycles. The van der Waals surface area contributed by atoms with Crippen LogP contribution in [0.3, 0.4) is 0 Å². The van der Waals surface area contributed by atoms with Crippen molar-refractivity contribution < 1.29 is 9.59 Å².